The molecule has 3 rings (SSSR count). The molecule has 7 heteroatoms. The van der Waals surface area contributed by atoms with E-state index in [0.29, 0.717) is 31.1 Å². The van der Waals surface area contributed by atoms with Gasteiger partial charge in [-0.2, -0.15) is 0 Å². The molecular formula is C20H30N4O3. The second-order valence-electron chi connectivity index (χ2n) is 7.12. The van der Waals surface area contributed by atoms with Crippen molar-refractivity contribution in [3.05, 3.63) is 24.3 Å². The molecular weight excluding hydrogens is 344 g/mol. The van der Waals surface area contributed by atoms with Crippen molar-refractivity contribution < 1.29 is 14.3 Å². The fourth-order valence-corrected chi connectivity index (χ4v) is 3.61. The quantitative estimate of drug-likeness (QED) is 0.779. The van der Waals surface area contributed by atoms with Crippen LogP contribution >= 0.6 is 0 Å². The van der Waals surface area contributed by atoms with Gasteiger partial charge in [-0.1, -0.05) is 12.1 Å². The van der Waals surface area contributed by atoms with Crippen LogP contribution in [0.5, 0.6) is 5.75 Å². The zero-order valence-corrected chi connectivity index (χ0v) is 16.2. The molecule has 0 unspecified atom stereocenters. The highest BCUT2D eigenvalue weighted by Gasteiger charge is 2.24. The van der Waals surface area contributed by atoms with Gasteiger partial charge in [0.15, 0.2) is 0 Å². The van der Waals surface area contributed by atoms with Crippen LogP contribution in [0, 0.1) is 0 Å². The van der Waals surface area contributed by atoms with Gasteiger partial charge in [-0.05, 0) is 31.9 Å². The number of benzene rings is 1. The fraction of sp³-hybridized carbons (Fsp3) is 0.600. The van der Waals surface area contributed by atoms with E-state index in [1.165, 1.54) is 0 Å². The molecule has 0 spiro atoms. The predicted octanol–water partition coefficient (Wildman–Crippen LogP) is 1.26. The van der Waals surface area contributed by atoms with E-state index < -0.39 is 0 Å². The molecule has 0 atom stereocenters. The molecule has 1 aromatic rings. The summed E-state index contributed by atoms with van der Waals surface area (Å²) >= 11 is 0. The van der Waals surface area contributed by atoms with Crippen LogP contribution in [0.25, 0.3) is 0 Å². The Labute approximate surface area is 161 Å². The number of anilines is 1. The molecule has 2 heterocycles. The van der Waals surface area contributed by atoms with E-state index in [2.05, 4.69) is 15.1 Å². The molecule has 27 heavy (non-hydrogen) atoms. The van der Waals surface area contributed by atoms with E-state index in [4.69, 9.17) is 4.74 Å². The summed E-state index contributed by atoms with van der Waals surface area (Å²) in [6.07, 6.45) is 2.25. The van der Waals surface area contributed by atoms with E-state index in [9.17, 15) is 9.59 Å². The van der Waals surface area contributed by atoms with Gasteiger partial charge in [-0.15, -0.1) is 0 Å². The van der Waals surface area contributed by atoms with E-state index in [0.717, 1.165) is 52.1 Å². The Morgan fingerprint density at radius 1 is 0.963 bits per heavy atom. The fourth-order valence-electron chi connectivity index (χ4n) is 3.61. The van der Waals surface area contributed by atoms with Crippen molar-refractivity contribution in [1.82, 2.24) is 14.7 Å². The molecule has 2 fully saturated rings. The number of para-hydroxylation sites is 2. The number of ether oxygens (including phenoxy) is 1. The summed E-state index contributed by atoms with van der Waals surface area (Å²) in [5.41, 5.74) is 0.708. The van der Waals surface area contributed by atoms with Crippen LogP contribution in [0.1, 0.15) is 19.8 Å². The number of hydrogen-bond acceptors (Lipinski definition) is 5. The SMILES string of the molecule is CCOc1ccccc1NC(=O)CN1CCN(CC(=O)N2CCCC2)CC1. The third-order valence-electron chi connectivity index (χ3n) is 5.11. The van der Waals surface area contributed by atoms with Crippen molar-refractivity contribution >= 4 is 17.5 Å². The van der Waals surface area contributed by atoms with Gasteiger partial charge in [0, 0.05) is 39.3 Å². The van der Waals surface area contributed by atoms with E-state index in [1.807, 2.05) is 36.1 Å². The summed E-state index contributed by atoms with van der Waals surface area (Å²) in [6.45, 7) is 8.39. The second kappa shape index (κ2) is 9.71. The first-order valence-corrected chi connectivity index (χ1v) is 9.90. The number of rotatable bonds is 7. The summed E-state index contributed by atoms with van der Waals surface area (Å²) in [5.74, 6) is 0.897. The maximum atomic E-state index is 12.4. The number of nitrogens with zero attached hydrogens (tertiary/aromatic N) is 3. The van der Waals surface area contributed by atoms with Gasteiger partial charge in [-0.3, -0.25) is 19.4 Å². The largest absolute Gasteiger partial charge is 0.492 e. The number of likely N-dealkylation sites (tertiary alicyclic amines) is 1. The summed E-state index contributed by atoms with van der Waals surface area (Å²) in [6, 6.07) is 7.48. The van der Waals surface area contributed by atoms with Crippen LogP contribution in [0.3, 0.4) is 0 Å². The highest BCUT2D eigenvalue weighted by atomic mass is 16.5. The highest BCUT2D eigenvalue weighted by molar-refractivity contribution is 5.93. The van der Waals surface area contributed by atoms with E-state index in [-0.39, 0.29) is 11.8 Å². The molecule has 1 N–H and O–H groups in total. The Hall–Kier alpha value is -2.12. The Bertz CT molecular complexity index is 638. The van der Waals surface area contributed by atoms with Crippen LogP contribution in [-0.4, -0.2) is 85.5 Å². The zero-order valence-electron chi connectivity index (χ0n) is 16.2. The molecule has 2 aliphatic heterocycles. The van der Waals surface area contributed by atoms with Gasteiger partial charge in [0.2, 0.25) is 11.8 Å². The standard InChI is InChI=1S/C20H30N4O3/c1-2-27-18-8-4-3-7-17(18)21-19(25)15-22-11-13-23(14-12-22)16-20(26)24-9-5-6-10-24/h3-4,7-8H,2,5-6,9-16H2,1H3,(H,21,25). The topological polar surface area (TPSA) is 65.1 Å². The molecule has 0 bridgehead atoms. The minimum Gasteiger partial charge on any atom is -0.492 e. The Morgan fingerprint density at radius 3 is 2.26 bits per heavy atom. The lowest BCUT2D eigenvalue weighted by Crippen LogP contribution is -2.51. The first-order chi connectivity index (χ1) is 13.2. The van der Waals surface area contributed by atoms with Crippen LogP contribution in [0.4, 0.5) is 5.69 Å². The van der Waals surface area contributed by atoms with Crippen molar-refractivity contribution in [1.29, 1.82) is 0 Å². The molecule has 7 nitrogen and oxygen atoms in total. The monoisotopic (exact) mass is 374 g/mol. The Kier molecular flexibility index (Phi) is 7.06. The first-order valence-electron chi connectivity index (χ1n) is 9.90. The van der Waals surface area contributed by atoms with Gasteiger partial charge in [-0.25, -0.2) is 0 Å². The lowest BCUT2D eigenvalue weighted by atomic mass is 10.2. The van der Waals surface area contributed by atoms with Crippen molar-refractivity contribution in [3.63, 3.8) is 0 Å². The number of carbonyl (C=O) groups excluding carboxylic acids is 2. The zero-order chi connectivity index (χ0) is 19.1. The van der Waals surface area contributed by atoms with Gasteiger partial charge >= 0.3 is 0 Å². The Balaban J connectivity index is 1.41. The first kappa shape index (κ1) is 19.6. The van der Waals surface area contributed by atoms with Gasteiger partial charge < -0.3 is 15.0 Å². The molecule has 2 amide bonds. The smallest absolute Gasteiger partial charge is 0.238 e. The summed E-state index contributed by atoms with van der Waals surface area (Å²) in [5, 5.41) is 2.94. The van der Waals surface area contributed by atoms with Gasteiger partial charge in [0.25, 0.3) is 0 Å². The number of carbonyl (C=O) groups is 2. The summed E-state index contributed by atoms with van der Waals surface area (Å²) < 4.78 is 5.55. The number of amides is 2. The summed E-state index contributed by atoms with van der Waals surface area (Å²) in [4.78, 5) is 30.9. The summed E-state index contributed by atoms with van der Waals surface area (Å²) in [7, 11) is 0. The molecule has 148 valence electrons. The van der Waals surface area contributed by atoms with Crippen molar-refractivity contribution in [2.45, 2.75) is 19.8 Å². The van der Waals surface area contributed by atoms with Crippen LogP contribution in [0.2, 0.25) is 0 Å². The minimum absolute atomic E-state index is 0.0382. The maximum Gasteiger partial charge on any atom is 0.238 e. The van der Waals surface area contributed by atoms with Gasteiger partial charge in [0.05, 0.1) is 25.4 Å². The number of nitrogens with one attached hydrogen (secondary N) is 1. The Morgan fingerprint density at radius 2 is 1.59 bits per heavy atom. The van der Waals surface area contributed by atoms with Crippen LogP contribution in [-0.2, 0) is 9.59 Å². The average Bonchev–Trinajstić information content (AvgIpc) is 3.20. The minimum atomic E-state index is -0.0382. The van der Waals surface area contributed by atoms with Crippen molar-refractivity contribution in [2.75, 3.05) is 64.3 Å². The molecule has 1 aromatic carbocycles. The normalized spacial score (nSPS) is 18.5. The van der Waals surface area contributed by atoms with E-state index >= 15 is 0 Å². The third-order valence-corrected chi connectivity index (χ3v) is 5.11. The van der Waals surface area contributed by atoms with Crippen LogP contribution < -0.4 is 10.1 Å². The van der Waals surface area contributed by atoms with E-state index in [1.54, 1.807) is 0 Å². The second-order valence-corrected chi connectivity index (χ2v) is 7.12. The molecule has 2 aliphatic rings. The number of hydrogen-bond donors (Lipinski definition) is 1. The lowest BCUT2D eigenvalue weighted by molar-refractivity contribution is -0.132. The molecule has 0 radical (unpaired) electrons. The highest BCUT2D eigenvalue weighted by Crippen LogP contribution is 2.23. The molecule has 0 aliphatic carbocycles. The van der Waals surface area contributed by atoms with Crippen molar-refractivity contribution in [2.24, 2.45) is 0 Å². The molecule has 0 aromatic heterocycles. The average molecular weight is 374 g/mol. The number of piperazine rings is 1. The van der Waals surface area contributed by atoms with Gasteiger partial charge in [0.1, 0.15) is 5.75 Å². The molecule has 0 saturated carbocycles. The predicted molar refractivity (Wildman–Crippen MR) is 105 cm³/mol. The van der Waals surface area contributed by atoms with Crippen LogP contribution in [0.15, 0.2) is 24.3 Å². The maximum absolute atomic E-state index is 12.4. The third kappa shape index (κ3) is 5.68. The van der Waals surface area contributed by atoms with Crippen molar-refractivity contribution in [3.8, 4) is 5.75 Å². The molecule has 2 saturated heterocycles. The lowest BCUT2D eigenvalue weighted by Gasteiger charge is -2.34.